The highest BCUT2D eigenvalue weighted by Crippen LogP contribution is 2.25. The van der Waals surface area contributed by atoms with Gasteiger partial charge in [-0.05, 0) is 38.1 Å². The molecule has 0 unspecified atom stereocenters. The number of rotatable bonds is 3. The van der Waals surface area contributed by atoms with Crippen LogP contribution in [0, 0.1) is 0 Å². The van der Waals surface area contributed by atoms with Crippen LogP contribution in [-0.4, -0.2) is 51.9 Å². The van der Waals surface area contributed by atoms with Gasteiger partial charge in [0.25, 0.3) is 0 Å². The van der Waals surface area contributed by atoms with Crippen LogP contribution in [0.3, 0.4) is 0 Å². The van der Waals surface area contributed by atoms with Crippen molar-refractivity contribution >= 4 is 5.91 Å². The third kappa shape index (κ3) is 3.19. The first-order valence-corrected chi connectivity index (χ1v) is 8.69. The lowest BCUT2D eigenvalue weighted by atomic mass is 10.1. The van der Waals surface area contributed by atoms with Crippen molar-refractivity contribution < 1.29 is 9.21 Å². The van der Waals surface area contributed by atoms with Crippen LogP contribution in [-0.2, 0) is 17.8 Å². The molecule has 0 aliphatic carbocycles. The molecule has 6 heteroatoms. The summed E-state index contributed by atoms with van der Waals surface area (Å²) < 4.78 is 5.87. The summed E-state index contributed by atoms with van der Waals surface area (Å²) in [6.45, 7) is 3.87. The number of pyridine rings is 1. The van der Waals surface area contributed by atoms with E-state index < -0.39 is 0 Å². The summed E-state index contributed by atoms with van der Waals surface area (Å²) in [4.78, 5) is 25.4. The van der Waals surface area contributed by atoms with Crippen molar-refractivity contribution in [2.45, 2.75) is 32.2 Å². The standard InChI is InChI=1S/C18H22N4O2/c23-17(13-21-8-2-1-3-9-21)22-10-6-16-15(12-22)20-18(24-16)14-5-4-7-19-11-14/h4-5,7,11H,1-3,6,8-10,12-13H2. The van der Waals surface area contributed by atoms with Gasteiger partial charge in [0.1, 0.15) is 11.5 Å². The lowest BCUT2D eigenvalue weighted by molar-refractivity contribution is -0.133. The van der Waals surface area contributed by atoms with Crippen molar-refractivity contribution in [2.24, 2.45) is 0 Å². The zero-order valence-electron chi connectivity index (χ0n) is 13.8. The van der Waals surface area contributed by atoms with Gasteiger partial charge in [-0.15, -0.1) is 0 Å². The second-order valence-electron chi connectivity index (χ2n) is 6.53. The van der Waals surface area contributed by atoms with Crippen molar-refractivity contribution in [1.29, 1.82) is 0 Å². The highest BCUT2D eigenvalue weighted by Gasteiger charge is 2.27. The number of fused-ring (bicyclic) bond motifs is 1. The van der Waals surface area contributed by atoms with Gasteiger partial charge in [0.05, 0.1) is 18.7 Å². The summed E-state index contributed by atoms with van der Waals surface area (Å²) >= 11 is 0. The first kappa shape index (κ1) is 15.3. The van der Waals surface area contributed by atoms with Crippen LogP contribution < -0.4 is 0 Å². The predicted octanol–water partition coefficient (Wildman–Crippen LogP) is 2.11. The Hall–Kier alpha value is -2.21. The van der Waals surface area contributed by atoms with Crippen molar-refractivity contribution in [3.63, 3.8) is 0 Å². The number of hydrogen-bond acceptors (Lipinski definition) is 5. The fraction of sp³-hybridized carbons (Fsp3) is 0.500. The second kappa shape index (κ2) is 6.73. The third-order valence-corrected chi connectivity index (χ3v) is 4.80. The summed E-state index contributed by atoms with van der Waals surface area (Å²) in [5.41, 5.74) is 1.75. The number of hydrogen-bond donors (Lipinski definition) is 0. The Morgan fingerprint density at radius 1 is 1.21 bits per heavy atom. The molecule has 24 heavy (non-hydrogen) atoms. The second-order valence-corrected chi connectivity index (χ2v) is 6.53. The molecule has 2 aliphatic heterocycles. The molecule has 0 saturated carbocycles. The average Bonchev–Trinajstić information content (AvgIpc) is 3.06. The molecule has 2 aliphatic rings. The molecular weight excluding hydrogens is 304 g/mol. The molecular formula is C18H22N4O2. The summed E-state index contributed by atoms with van der Waals surface area (Å²) in [5, 5.41) is 0. The fourth-order valence-corrected chi connectivity index (χ4v) is 3.43. The Morgan fingerprint density at radius 3 is 2.88 bits per heavy atom. The zero-order chi connectivity index (χ0) is 16.4. The van der Waals surface area contributed by atoms with E-state index >= 15 is 0 Å². The van der Waals surface area contributed by atoms with Crippen LogP contribution in [0.2, 0.25) is 0 Å². The molecule has 6 nitrogen and oxygen atoms in total. The van der Waals surface area contributed by atoms with Crippen LogP contribution in [0.4, 0.5) is 0 Å². The number of aromatic nitrogens is 2. The highest BCUT2D eigenvalue weighted by molar-refractivity contribution is 5.78. The molecule has 2 aromatic heterocycles. The van der Waals surface area contributed by atoms with E-state index in [9.17, 15) is 4.79 Å². The van der Waals surface area contributed by atoms with E-state index in [0.717, 1.165) is 36.5 Å². The summed E-state index contributed by atoms with van der Waals surface area (Å²) in [7, 11) is 0. The maximum atomic E-state index is 12.6. The lowest BCUT2D eigenvalue weighted by Gasteiger charge is -2.30. The molecule has 4 rings (SSSR count). The maximum absolute atomic E-state index is 12.6. The predicted molar refractivity (Wildman–Crippen MR) is 89.1 cm³/mol. The Morgan fingerprint density at radius 2 is 2.08 bits per heavy atom. The van der Waals surface area contributed by atoms with Crippen LogP contribution >= 0.6 is 0 Å². The Balaban J connectivity index is 1.43. The minimum absolute atomic E-state index is 0.202. The Bertz CT molecular complexity index is 707. The largest absolute Gasteiger partial charge is 0.441 e. The summed E-state index contributed by atoms with van der Waals surface area (Å²) in [6, 6.07) is 3.80. The van der Waals surface area contributed by atoms with Gasteiger partial charge in [0, 0.05) is 25.4 Å². The van der Waals surface area contributed by atoms with Crippen LogP contribution in [0.15, 0.2) is 28.9 Å². The van der Waals surface area contributed by atoms with Crippen molar-refractivity contribution in [3.05, 3.63) is 36.0 Å². The van der Waals surface area contributed by atoms with E-state index in [1.54, 1.807) is 12.4 Å². The zero-order valence-corrected chi connectivity index (χ0v) is 13.8. The van der Waals surface area contributed by atoms with Gasteiger partial charge in [0.15, 0.2) is 0 Å². The molecule has 1 fully saturated rings. The average molecular weight is 326 g/mol. The van der Waals surface area contributed by atoms with E-state index in [4.69, 9.17) is 4.42 Å². The van der Waals surface area contributed by atoms with Gasteiger partial charge in [0.2, 0.25) is 11.8 Å². The minimum Gasteiger partial charge on any atom is -0.441 e. The van der Waals surface area contributed by atoms with Gasteiger partial charge < -0.3 is 9.32 Å². The Labute approximate surface area is 141 Å². The fourth-order valence-electron chi connectivity index (χ4n) is 3.43. The molecule has 1 amide bonds. The third-order valence-electron chi connectivity index (χ3n) is 4.80. The highest BCUT2D eigenvalue weighted by atomic mass is 16.4. The van der Waals surface area contributed by atoms with Gasteiger partial charge in [-0.2, -0.15) is 0 Å². The van der Waals surface area contributed by atoms with E-state index in [1.165, 1.54) is 19.3 Å². The van der Waals surface area contributed by atoms with Gasteiger partial charge in [-0.25, -0.2) is 4.98 Å². The van der Waals surface area contributed by atoms with Gasteiger partial charge in [-0.3, -0.25) is 14.7 Å². The SMILES string of the molecule is O=C(CN1CCCCC1)N1CCc2oc(-c3cccnc3)nc2C1. The molecule has 2 aromatic rings. The summed E-state index contributed by atoms with van der Waals surface area (Å²) in [6.07, 6.45) is 7.90. The molecule has 4 heterocycles. The lowest BCUT2D eigenvalue weighted by Crippen LogP contribution is -2.44. The minimum atomic E-state index is 0.202. The monoisotopic (exact) mass is 326 g/mol. The molecule has 126 valence electrons. The Kier molecular flexibility index (Phi) is 4.30. The number of likely N-dealkylation sites (tertiary alicyclic amines) is 1. The molecule has 0 radical (unpaired) electrons. The van der Waals surface area contributed by atoms with Gasteiger partial charge >= 0.3 is 0 Å². The number of nitrogens with zero attached hydrogens (tertiary/aromatic N) is 4. The molecule has 1 saturated heterocycles. The number of amides is 1. The first-order valence-electron chi connectivity index (χ1n) is 8.69. The molecule has 0 spiro atoms. The topological polar surface area (TPSA) is 62.5 Å². The van der Waals surface area contributed by atoms with Crippen molar-refractivity contribution in [2.75, 3.05) is 26.2 Å². The van der Waals surface area contributed by atoms with Crippen molar-refractivity contribution in [3.8, 4) is 11.5 Å². The van der Waals surface area contributed by atoms with Gasteiger partial charge in [-0.1, -0.05) is 6.42 Å². The smallest absolute Gasteiger partial charge is 0.237 e. The van der Waals surface area contributed by atoms with Crippen LogP contribution in [0.1, 0.15) is 30.7 Å². The number of piperidine rings is 1. The summed E-state index contributed by atoms with van der Waals surface area (Å²) in [5.74, 6) is 1.70. The van der Waals surface area contributed by atoms with Crippen LogP contribution in [0.25, 0.3) is 11.5 Å². The van der Waals surface area contributed by atoms with E-state index in [2.05, 4.69) is 14.9 Å². The van der Waals surface area contributed by atoms with E-state index in [-0.39, 0.29) is 5.91 Å². The van der Waals surface area contributed by atoms with E-state index in [0.29, 0.717) is 25.5 Å². The molecule has 0 aromatic carbocycles. The van der Waals surface area contributed by atoms with E-state index in [1.807, 2.05) is 17.0 Å². The maximum Gasteiger partial charge on any atom is 0.237 e. The molecule has 0 N–H and O–H groups in total. The number of carbonyl (C=O) groups excluding carboxylic acids is 1. The van der Waals surface area contributed by atoms with Crippen LogP contribution in [0.5, 0.6) is 0 Å². The quantitative estimate of drug-likeness (QED) is 0.864. The van der Waals surface area contributed by atoms with Crippen molar-refractivity contribution in [1.82, 2.24) is 19.8 Å². The molecule has 0 bridgehead atoms. The molecule has 0 atom stereocenters. The number of carbonyl (C=O) groups is 1. The first-order chi connectivity index (χ1) is 11.8. The number of oxazole rings is 1. The normalized spacial score (nSPS) is 18.4.